The zero-order chi connectivity index (χ0) is 13.8. The molecule has 0 radical (unpaired) electrons. The number of halogens is 2. The van der Waals surface area contributed by atoms with Crippen LogP contribution in [0.2, 0.25) is 10.0 Å². The standard InChI is InChI=1S/C13H10Cl2N2O2/c14-9-2-1-8(12(4-9)13(16)18)7-19-11-3-10(15)5-17-6-11/h1-6H,7H2,(H2,16,18). The van der Waals surface area contributed by atoms with Crippen LogP contribution < -0.4 is 10.5 Å². The Labute approximate surface area is 120 Å². The van der Waals surface area contributed by atoms with Crippen molar-refractivity contribution in [3.05, 3.63) is 57.8 Å². The van der Waals surface area contributed by atoms with E-state index in [0.717, 1.165) is 0 Å². The van der Waals surface area contributed by atoms with Crippen LogP contribution in [0.5, 0.6) is 5.75 Å². The summed E-state index contributed by atoms with van der Waals surface area (Å²) in [6.07, 6.45) is 3.04. The van der Waals surface area contributed by atoms with E-state index in [0.29, 0.717) is 26.9 Å². The molecule has 19 heavy (non-hydrogen) atoms. The van der Waals surface area contributed by atoms with Gasteiger partial charge in [0.25, 0.3) is 0 Å². The molecule has 2 rings (SSSR count). The summed E-state index contributed by atoms with van der Waals surface area (Å²) in [5.74, 6) is -0.0387. The molecule has 1 amide bonds. The molecule has 0 aliphatic carbocycles. The van der Waals surface area contributed by atoms with Gasteiger partial charge >= 0.3 is 0 Å². The van der Waals surface area contributed by atoms with Gasteiger partial charge in [0.15, 0.2) is 0 Å². The van der Waals surface area contributed by atoms with E-state index in [2.05, 4.69) is 4.98 Å². The number of carbonyl (C=O) groups is 1. The van der Waals surface area contributed by atoms with Crippen molar-refractivity contribution >= 4 is 29.1 Å². The molecule has 0 saturated carbocycles. The zero-order valence-corrected chi connectivity index (χ0v) is 11.3. The van der Waals surface area contributed by atoms with Crippen molar-refractivity contribution in [2.75, 3.05) is 0 Å². The predicted octanol–water partition coefficient (Wildman–Crippen LogP) is 3.07. The first kappa shape index (κ1) is 13.6. The normalized spacial score (nSPS) is 10.2. The van der Waals surface area contributed by atoms with Crippen LogP contribution >= 0.6 is 23.2 Å². The maximum absolute atomic E-state index is 11.3. The Kier molecular flexibility index (Phi) is 4.24. The summed E-state index contributed by atoms with van der Waals surface area (Å²) in [5, 5.41) is 0.922. The number of carbonyl (C=O) groups excluding carboxylic acids is 1. The summed E-state index contributed by atoms with van der Waals surface area (Å²) in [6.45, 7) is 0.178. The Hall–Kier alpha value is -1.78. The molecule has 6 heteroatoms. The number of benzene rings is 1. The van der Waals surface area contributed by atoms with E-state index in [4.69, 9.17) is 33.7 Å². The number of pyridine rings is 1. The van der Waals surface area contributed by atoms with E-state index in [-0.39, 0.29) is 6.61 Å². The minimum atomic E-state index is -0.551. The molecule has 1 heterocycles. The highest BCUT2D eigenvalue weighted by atomic mass is 35.5. The van der Waals surface area contributed by atoms with Crippen LogP contribution in [0.25, 0.3) is 0 Å². The Morgan fingerprint density at radius 2 is 2.00 bits per heavy atom. The summed E-state index contributed by atoms with van der Waals surface area (Å²) in [5.41, 5.74) is 6.28. The minimum absolute atomic E-state index is 0.178. The van der Waals surface area contributed by atoms with Gasteiger partial charge in [-0.25, -0.2) is 0 Å². The molecule has 0 saturated heterocycles. The van der Waals surface area contributed by atoms with Gasteiger partial charge in [-0.1, -0.05) is 29.3 Å². The van der Waals surface area contributed by atoms with Crippen LogP contribution in [-0.4, -0.2) is 10.9 Å². The van der Waals surface area contributed by atoms with Crippen LogP contribution in [0.1, 0.15) is 15.9 Å². The maximum atomic E-state index is 11.3. The number of ether oxygens (including phenoxy) is 1. The molecule has 0 fully saturated rings. The zero-order valence-electron chi connectivity index (χ0n) is 9.77. The first-order valence-electron chi connectivity index (χ1n) is 5.38. The number of amides is 1. The molecule has 0 atom stereocenters. The molecular formula is C13H10Cl2N2O2. The van der Waals surface area contributed by atoms with Gasteiger partial charge in [-0.05, 0) is 12.1 Å². The Balaban J connectivity index is 2.17. The van der Waals surface area contributed by atoms with Crippen LogP contribution in [0.3, 0.4) is 0 Å². The van der Waals surface area contributed by atoms with Gasteiger partial charge in [-0.3, -0.25) is 9.78 Å². The van der Waals surface area contributed by atoms with Gasteiger partial charge in [0.2, 0.25) is 5.91 Å². The highest BCUT2D eigenvalue weighted by Crippen LogP contribution is 2.20. The number of hydrogen-bond donors (Lipinski definition) is 1. The molecular weight excluding hydrogens is 287 g/mol. The third kappa shape index (κ3) is 3.59. The molecule has 0 aliphatic rings. The molecule has 98 valence electrons. The third-order valence-electron chi connectivity index (χ3n) is 2.41. The summed E-state index contributed by atoms with van der Waals surface area (Å²) < 4.78 is 5.51. The summed E-state index contributed by atoms with van der Waals surface area (Å²) >= 11 is 11.6. The third-order valence-corrected chi connectivity index (χ3v) is 2.85. The lowest BCUT2D eigenvalue weighted by Crippen LogP contribution is -2.14. The average molecular weight is 297 g/mol. The van der Waals surface area contributed by atoms with Gasteiger partial charge in [-0.15, -0.1) is 0 Å². The largest absolute Gasteiger partial charge is 0.487 e. The first-order valence-corrected chi connectivity index (χ1v) is 6.13. The molecule has 2 aromatic rings. The summed E-state index contributed by atoms with van der Waals surface area (Å²) in [6, 6.07) is 6.51. The van der Waals surface area contributed by atoms with E-state index in [9.17, 15) is 4.79 Å². The molecule has 4 nitrogen and oxygen atoms in total. The number of nitrogens with two attached hydrogens (primary N) is 1. The van der Waals surface area contributed by atoms with E-state index in [1.165, 1.54) is 18.5 Å². The van der Waals surface area contributed by atoms with Crippen molar-refractivity contribution < 1.29 is 9.53 Å². The Morgan fingerprint density at radius 3 is 2.68 bits per heavy atom. The lowest BCUT2D eigenvalue weighted by molar-refractivity contribution is 0.0998. The lowest BCUT2D eigenvalue weighted by atomic mass is 10.1. The smallest absolute Gasteiger partial charge is 0.249 e. The fourth-order valence-corrected chi connectivity index (χ4v) is 1.87. The highest BCUT2D eigenvalue weighted by molar-refractivity contribution is 6.31. The SMILES string of the molecule is NC(=O)c1cc(Cl)ccc1COc1cncc(Cl)c1. The quantitative estimate of drug-likeness (QED) is 0.943. The molecule has 1 aromatic carbocycles. The topological polar surface area (TPSA) is 65.2 Å². The maximum Gasteiger partial charge on any atom is 0.249 e. The molecule has 0 aliphatic heterocycles. The number of nitrogens with zero attached hydrogens (tertiary/aromatic N) is 1. The van der Waals surface area contributed by atoms with Crippen molar-refractivity contribution in [1.82, 2.24) is 4.98 Å². The van der Waals surface area contributed by atoms with E-state index >= 15 is 0 Å². The van der Waals surface area contributed by atoms with Crippen LogP contribution in [0, 0.1) is 0 Å². The van der Waals surface area contributed by atoms with E-state index in [1.54, 1.807) is 18.2 Å². The Morgan fingerprint density at radius 1 is 1.21 bits per heavy atom. The van der Waals surface area contributed by atoms with E-state index in [1.807, 2.05) is 0 Å². The van der Waals surface area contributed by atoms with Gasteiger partial charge in [0.1, 0.15) is 12.4 Å². The second-order valence-corrected chi connectivity index (χ2v) is 4.67. The average Bonchev–Trinajstić information content (AvgIpc) is 2.37. The van der Waals surface area contributed by atoms with Crippen molar-refractivity contribution in [2.45, 2.75) is 6.61 Å². The molecule has 0 spiro atoms. The highest BCUT2D eigenvalue weighted by Gasteiger charge is 2.09. The second-order valence-electron chi connectivity index (χ2n) is 3.79. The van der Waals surface area contributed by atoms with Gasteiger partial charge < -0.3 is 10.5 Å². The van der Waals surface area contributed by atoms with Crippen LogP contribution in [-0.2, 0) is 6.61 Å². The minimum Gasteiger partial charge on any atom is -0.487 e. The van der Waals surface area contributed by atoms with Gasteiger partial charge in [0, 0.05) is 28.4 Å². The number of hydrogen-bond acceptors (Lipinski definition) is 3. The number of aromatic nitrogens is 1. The van der Waals surface area contributed by atoms with Crippen molar-refractivity contribution in [2.24, 2.45) is 5.73 Å². The molecule has 0 unspecified atom stereocenters. The fraction of sp³-hybridized carbons (Fsp3) is 0.0769. The number of rotatable bonds is 4. The van der Waals surface area contributed by atoms with Crippen LogP contribution in [0.15, 0.2) is 36.7 Å². The first-order chi connectivity index (χ1) is 9.06. The molecule has 1 aromatic heterocycles. The van der Waals surface area contributed by atoms with Gasteiger partial charge in [0.05, 0.1) is 11.2 Å². The summed E-state index contributed by atoms with van der Waals surface area (Å²) in [4.78, 5) is 15.2. The second kappa shape index (κ2) is 5.91. The monoisotopic (exact) mass is 296 g/mol. The van der Waals surface area contributed by atoms with Gasteiger partial charge in [-0.2, -0.15) is 0 Å². The predicted molar refractivity (Wildman–Crippen MR) is 73.5 cm³/mol. The molecule has 2 N–H and O–H groups in total. The van der Waals surface area contributed by atoms with Crippen molar-refractivity contribution in [3.8, 4) is 5.75 Å². The van der Waals surface area contributed by atoms with E-state index < -0.39 is 5.91 Å². The Bertz CT molecular complexity index is 617. The molecule has 0 bridgehead atoms. The lowest BCUT2D eigenvalue weighted by Gasteiger charge is -2.09. The van der Waals surface area contributed by atoms with Crippen LogP contribution in [0.4, 0.5) is 0 Å². The summed E-state index contributed by atoms with van der Waals surface area (Å²) in [7, 11) is 0. The van der Waals surface area contributed by atoms with Crippen molar-refractivity contribution in [3.63, 3.8) is 0 Å². The fourth-order valence-electron chi connectivity index (χ4n) is 1.54. The number of primary amides is 1. The van der Waals surface area contributed by atoms with Crippen molar-refractivity contribution in [1.29, 1.82) is 0 Å².